The summed E-state index contributed by atoms with van der Waals surface area (Å²) in [4.78, 5) is 10.9. The molecular weight excluding hydrogens is 279 g/mol. The highest BCUT2D eigenvalue weighted by molar-refractivity contribution is 6.49. The molecule has 1 saturated heterocycles. The Morgan fingerprint density at radius 1 is 1.14 bits per heavy atom. The van der Waals surface area contributed by atoms with Gasteiger partial charge in [-0.15, -0.1) is 0 Å². The largest absolute Gasteiger partial charge is 0.461 e. The first kappa shape index (κ1) is 15.6. The van der Waals surface area contributed by atoms with Gasteiger partial charge in [-0.2, -0.15) is 0 Å². The van der Waals surface area contributed by atoms with Gasteiger partial charge in [0.05, 0.1) is 11.2 Å². The van der Waals surface area contributed by atoms with Crippen LogP contribution in [0.3, 0.4) is 0 Å². The van der Waals surface area contributed by atoms with Crippen LogP contribution in [0.25, 0.3) is 0 Å². The lowest BCUT2D eigenvalue weighted by atomic mass is 9.79. The zero-order valence-corrected chi connectivity index (χ0v) is 13.9. The molecule has 0 radical (unpaired) electrons. The van der Waals surface area contributed by atoms with Gasteiger partial charge in [-0.05, 0) is 57.7 Å². The molecule has 0 bridgehead atoms. The molecule has 3 rings (SSSR count). The number of benzene rings is 1. The number of hydrogen-bond donors (Lipinski definition) is 0. The van der Waals surface area contributed by atoms with Crippen molar-refractivity contribution in [1.82, 2.24) is 0 Å². The molecular formula is C17H23BO4. The van der Waals surface area contributed by atoms with E-state index < -0.39 is 0 Å². The summed E-state index contributed by atoms with van der Waals surface area (Å²) in [5.74, 6) is 1.15. The molecule has 1 aliphatic heterocycles. The minimum Gasteiger partial charge on any atom is -0.427 e. The van der Waals surface area contributed by atoms with Gasteiger partial charge in [0.25, 0.3) is 0 Å². The van der Waals surface area contributed by atoms with Crippen molar-refractivity contribution in [2.75, 3.05) is 0 Å². The van der Waals surface area contributed by atoms with E-state index in [9.17, 15) is 4.79 Å². The van der Waals surface area contributed by atoms with Gasteiger partial charge >= 0.3 is 13.1 Å². The fourth-order valence-electron chi connectivity index (χ4n) is 2.91. The first-order valence-corrected chi connectivity index (χ1v) is 7.84. The van der Waals surface area contributed by atoms with Gasteiger partial charge in [0.2, 0.25) is 0 Å². The standard InChI is InChI=1S/C17H23BO4/c1-11(19)20-13-8-6-12(7-9-13)14-10-15(14)18-21-16(2,3)17(4,5)22-18/h6-9,14-15H,10H2,1-5H3/t14-,15+/m1/s1. The third kappa shape index (κ3) is 2.80. The lowest BCUT2D eigenvalue weighted by Crippen LogP contribution is -2.41. The zero-order valence-electron chi connectivity index (χ0n) is 13.9. The van der Waals surface area contributed by atoms with Crippen LogP contribution >= 0.6 is 0 Å². The molecule has 22 heavy (non-hydrogen) atoms. The Morgan fingerprint density at radius 2 is 1.68 bits per heavy atom. The highest BCUT2D eigenvalue weighted by atomic mass is 16.7. The predicted molar refractivity (Wildman–Crippen MR) is 84.9 cm³/mol. The molecule has 0 aromatic heterocycles. The Labute approximate surface area is 132 Å². The van der Waals surface area contributed by atoms with Crippen LogP contribution < -0.4 is 4.74 Å². The average molecular weight is 302 g/mol. The van der Waals surface area contributed by atoms with E-state index in [-0.39, 0.29) is 24.3 Å². The van der Waals surface area contributed by atoms with E-state index in [1.165, 1.54) is 12.5 Å². The van der Waals surface area contributed by atoms with Gasteiger partial charge in [0.1, 0.15) is 5.75 Å². The molecule has 5 heteroatoms. The van der Waals surface area contributed by atoms with Crippen molar-refractivity contribution >= 4 is 13.1 Å². The van der Waals surface area contributed by atoms with Crippen molar-refractivity contribution in [2.45, 2.75) is 64.0 Å². The first-order chi connectivity index (χ1) is 10.2. The maximum absolute atomic E-state index is 10.9. The number of carbonyl (C=O) groups excluding carboxylic acids is 1. The average Bonchev–Trinajstić information content (AvgIpc) is 3.13. The van der Waals surface area contributed by atoms with Crippen molar-refractivity contribution < 1.29 is 18.8 Å². The molecule has 2 atom stereocenters. The fraction of sp³-hybridized carbons (Fsp3) is 0.588. The molecule has 118 valence electrons. The Kier molecular flexibility index (Phi) is 3.61. The summed E-state index contributed by atoms with van der Waals surface area (Å²) in [5.41, 5.74) is 0.698. The second-order valence-electron chi connectivity index (χ2n) is 7.29. The normalized spacial score (nSPS) is 28.5. The molecule has 2 aliphatic rings. The first-order valence-electron chi connectivity index (χ1n) is 7.84. The molecule has 0 amide bonds. The van der Waals surface area contributed by atoms with Crippen LogP contribution in [0.2, 0.25) is 5.82 Å². The van der Waals surface area contributed by atoms with Crippen molar-refractivity contribution in [1.29, 1.82) is 0 Å². The minimum atomic E-state index is -0.297. The monoisotopic (exact) mass is 302 g/mol. The molecule has 0 spiro atoms. The zero-order chi connectivity index (χ0) is 16.1. The van der Waals surface area contributed by atoms with Gasteiger partial charge in [0.15, 0.2) is 0 Å². The quantitative estimate of drug-likeness (QED) is 0.486. The van der Waals surface area contributed by atoms with Gasteiger partial charge in [-0.25, -0.2) is 0 Å². The minimum absolute atomic E-state index is 0.136. The summed E-state index contributed by atoms with van der Waals surface area (Å²) in [5, 5.41) is 0. The second kappa shape index (κ2) is 5.10. The number of rotatable bonds is 3. The van der Waals surface area contributed by atoms with Crippen molar-refractivity contribution in [2.24, 2.45) is 0 Å². The fourth-order valence-corrected chi connectivity index (χ4v) is 2.91. The molecule has 0 N–H and O–H groups in total. The lowest BCUT2D eigenvalue weighted by Gasteiger charge is -2.32. The number of carbonyl (C=O) groups is 1. The van der Waals surface area contributed by atoms with Crippen LogP contribution in [0.5, 0.6) is 5.75 Å². The topological polar surface area (TPSA) is 44.8 Å². The van der Waals surface area contributed by atoms with Crippen LogP contribution in [-0.4, -0.2) is 24.3 Å². The van der Waals surface area contributed by atoms with Crippen LogP contribution in [0.15, 0.2) is 24.3 Å². The summed E-state index contributed by atoms with van der Waals surface area (Å²) in [6.07, 6.45) is 1.07. The van der Waals surface area contributed by atoms with Crippen LogP contribution in [0, 0.1) is 0 Å². The maximum atomic E-state index is 10.9. The van der Waals surface area contributed by atoms with E-state index in [4.69, 9.17) is 14.0 Å². The lowest BCUT2D eigenvalue weighted by molar-refractivity contribution is -0.131. The SMILES string of the molecule is CC(=O)Oc1ccc([C@H]2C[C@@H]2B2OC(C)(C)C(C)(C)O2)cc1. The van der Waals surface area contributed by atoms with Crippen molar-refractivity contribution in [3.63, 3.8) is 0 Å². The van der Waals surface area contributed by atoms with Crippen molar-refractivity contribution in [3.05, 3.63) is 29.8 Å². The van der Waals surface area contributed by atoms with Gasteiger partial charge in [-0.3, -0.25) is 4.79 Å². The van der Waals surface area contributed by atoms with Gasteiger partial charge in [-0.1, -0.05) is 12.1 Å². The Hall–Kier alpha value is -1.33. The molecule has 1 heterocycles. The summed E-state index contributed by atoms with van der Waals surface area (Å²) in [7, 11) is -0.136. The number of esters is 1. The van der Waals surface area contributed by atoms with Crippen LogP contribution in [-0.2, 0) is 14.1 Å². The highest BCUT2D eigenvalue weighted by Crippen LogP contribution is 2.58. The summed E-state index contributed by atoms with van der Waals surface area (Å²) in [6.45, 7) is 9.73. The summed E-state index contributed by atoms with van der Waals surface area (Å²) < 4.78 is 17.3. The summed E-state index contributed by atoms with van der Waals surface area (Å²) >= 11 is 0. The molecule has 2 fully saturated rings. The van der Waals surface area contributed by atoms with Crippen LogP contribution in [0.4, 0.5) is 0 Å². The Bertz CT molecular complexity index is 563. The highest BCUT2D eigenvalue weighted by Gasteiger charge is 2.59. The number of ether oxygens (including phenoxy) is 1. The molecule has 1 saturated carbocycles. The second-order valence-corrected chi connectivity index (χ2v) is 7.29. The van der Waals surface area contributed by atoms with Crippen molar-refractivity contribution in [3.8, 4) is 5.75 Å². The van der Waals surface area contributed by atoms with Gasteiger partial charge < -0.3 is 14.0 Å². The van der Waals surface area contributed by atoms with E-state index in [1.807, 2.05) is 24.3 Å². The van der Waals surface area contributed by atoms with Crippen LogP contribution in [0.1, 0.15) is 52.5 Å². The molecule has 4 nitrogen and oxygen atoms in total. The smallest absolute Gasteiger partial charge is 0.427 e. The maximum Gasteiger partial charge on any atom is 0.461 e. The molecule has 0 unspecified atom stereocenters. The third-order valence-electron chi connectivity index (χ3n) is 5.03. The molecule has 1 aromatic rings. The van der Waals surface area contributed by atoms with Gasteiger partial charge in [0, 0.05) is 12.7 Å². The third-order valence-corrected chi connectivity index (χ3v) is 5.03. The van der Waals surface area contributed by atoms with E-state index in [2.05, 4.69) is 27.7 Å². The van der Waals surface area contributed by atoms with E-state index >= 15 is 0 Å². The number of hydrogen-bond acceptors (Lipinski definition) is 4. The predicted octanol–water partition coefficient (Wildman–Crippen LogP) is 3.56. The van der Waals surface area contributed by atoms with E-state index in [1.54, 1.807) is 0 Å². The summed E-state index contributed by atoms with van der Waals surface area (Å²) in [6, 6.07) is 7.73. The molecule has 1 aromatic carbocycles. The Morgan fingerprint density at radius 3 is 2.18 bits per heavy atom. The van der Waals surface area contributed by atoms with E-state index in [0.717, 1.165) is 6.42 Å². The Balaban J connectivity index is 1.64. The van der Waals surface area contributed by atoms with E-state index in [0.29, 0.717) is 17.5 Å². The molecule has 1 aliphatic carbocycles.